The average Bonchev–Trinajstić information content (AvgIpc) is 2.66. The van der Waals surface area contributed by atoms with Gasteiger partial charge in [0, 0.05) is 3.57 Å². The molecule has 2 rings (SSSR count). The molecule has 0 aliphatic heterocycles. The van der Waals surface area contributed by atoms with Gasteiger partial charge in [-0.15, -0.1) is 0 Å². The lowest BCUT2D eigenvalue weighted by Crippen LogP contribution is -2.27. The van der Waals surface area contributed by atoms with Crippen molar-refractivity contribution in [3.05, 3.63) is 88.7 Å². The van der Waals surface area contributed by atoms with Crippen LogP contribution in [0.1, 0.15) is 22.8 Å². The summed E-state index contributed by atoms with van der Waals surface area (Å²) in [6.07, 6.45) is 2.97. The van der Waals surface area contributed by atoms with E-state index in [1.54, 1.807) is 25.1 Å². The fourth-order valence-electron chi connectivity index (χ4n) is 2.31. The second-order valence-electron chi connectivity index (χ2n) is 5.59. The molecule has 0 N–H and O–H groups in total. The first kappa shape index (κ1) is 20.0. The van der Waals surface area contributed by atoms with Crippen LogP contribution in [-0.2, 0) is 15.1 Å². The van der Waals surface area contributed by atoms with Gasteiger partial charge in [-0.2, -0.15) is 0 Å². The van der Waals surface area contributed by atoms with Crippen molar-refractivity contribution in [2.45, 2.75) is 12.5 Å². The molecule has 5 heteroatoms. The summed E-state index contributed by atoms with van der Waals surface area (Å²) in [5.41, 5.74) is 0.262. The van der Waals surface area contributed by atoms with Crippen LogP contribution in [0.25, 0.3) is 0 Å². The predicted octanol–water partition coefficient (Wildman–Crippen LogP) is 5.09. The van der Waals surface area contributed by atoms with Gasteiger partial charge in [-0.05, 0) is 59.4 Å². The van der Waals surface area contributed by atoms with Crippen molar-refractivity contribution < 1.29 is 19.0 Å². The minimum atomic E-state index is -0.942. The number of carbonyl (C=O) groups excluding carboxylic acids is 1. The average molecular weight is 464 g/mol. The lowest BCUT2D eigenvalue weighted by molar-refractivity contribution is 0.00886. The summed E-state index contributed by atoms with van der Waals surface area (Å²) in [5.74, 6) is -0.0306. The van der Waals surface area contributed by atoms with E-state index in [1.807, 2.05) is 36.4 Å². The molecule has 0 fully saturated rings. The third-order valence-electron chi connectivity index (χ3n) is 3.78. The van der Waals surface area contributed by atoms with E-state index in [0.29, 0.717) is 24.5 Å². The number of rotatable bonds is 9. The van der Waals surface area contributed by atoms with Gasteiger partial charge in [0.1, 0.15) is 24.5 Å². The lowest BCUT2D eigenvalue weighted by atomic mass is 9.96. The van der Waals surface area contributed by atoms with Gasteiger partial charge in [0.05, 0.1) is 6.26 Å². The highest BCUT2D eigenvalue weighted by molar-refractivity contribution is 14.1. The topological polar surface area (TPSA) is 44.8 Å². The fourth-order valence-corrected chi connectivity index (χ4v) is 2.80. The Morgan fingerprint density at radius 2 is 1.88 bits per heavy atom. The highest BCUT2D eigenvalue weighted by atomic mass is 127. The Bertz CT molecular complexity index is 773. The molecule has 0 saturated heterocycles. The molecule has 0 radical (unpaired) electrons. The second-order valence-corrected chi connectivity index (χ2v) is 6.84. The molecule has 136 valence electrons. The quantitative estimate of drug-likeness (QED) is 0.171. The molecule has 0 aliphatic carbocycles. The van der Waals surface area contributed by atoms with E-state index < -0.39 is 11.6 Å². The maximum Gasteiger partial charge on any atom is 0.343 e. The van der Waals surface area contributed by atoms with Crippen molar-refractivity contribution in [1.82, 2.24) is 0 Å². The molecule has 4 nitrogen and oxygen atoms in total. The third-order valence-corrected chi connectivity index (χ3v) is 4.45. The van der Waals surface area contributed by atoms with E-state index in [9.17, 15) is 4.79 Å². The molecule has 26 heavy (non-hydrogen) atoms. The molecule has 1 unspecified atom stereocenters. The molecule has 0 aromatic heterocycles. The van der Waals surface area contributed by atoms with Crippen molar-refractivity contribution in [3.63, 3.8) is 0 Å². The van der Waals surface area contributed by atoms with Gasteiger partial charge < -0.3 is 14.2 Å². The minimum Gasteiger partial charge on any atom is -0.498 e. The smallest absolute Gasteiger partial charge is 0.343 e. The van der Waals surface area contributed by atoms with Crippen LogP contribution < -0.4 is 4.74 Å². The molecular weight excluding hydrogens is 443 g/mol. The van der Waals surface area contributed by atoms with E-state index in [0.717, 1.165) is 9.13 Å². The van der Waals surface area contributed by atoms with Crippen molar-refractivity contribution >= 4 is 28.6 Å². The fraction of sp³-hybridized carbons (Fsp3) is 0.190. The van der Waals surface area contributed by atoms with Crippen molar-refractivity contribution in [1.29, 1.82) is 0 Å². The second kappa shape index (κ2) is 9.43. The highest BCUT2D eigenvalue weighted by Gasteiger charge is 2.29. The number of ether oxygens (including phenoxy) is 3. The van der Waals surface area contributed by atoms with E-state index in [4.69, 9.17) is 14.2 Å². The zero-order chi connectivity index (χ0) is 19.0. The minimum absolute atomic E-state index is 0.296. The Hall–Kier alpha value is -2.28. The first-order valence-corrected chi connectivity index (χ1v) is 9.15. The number of benzene rings is 2. The zero-order valence-electron chi connectivity index (χ0n) is 14.6. The van der Waals surface area contributed by atoms with E-state index in [2.05, 4.69) is 35.7 Å². The molecule has 0 heterocycles. The van der Waals surface area contributed by atoms with Crippen molar-refractivity contribution in [2.24, 2.45) is 0 Å². The van der Waals surface area contributed by atoms with E-state index in [-0.39, 0.29) is 0 Å². The predicted molar refractivity (Wildman–Crippen MR) is 110 cm³/mol. The Morgan fingerprint density at radius 3 is 2.54 bits per heavy atom. The number of hydrogen-bond donors (Lipinski definition) is 0. The Balaban J connectivity index is 2.23. The van der Waals surface area contributed by atoms with Gasteiger partial charge in [-0.1, -0.05) is 43.5 Å². The molecule has 0 bridgehead atoms. The Labute approximate surface area is 167 Å². The van der Waals surface area contributed by atoms with Crippen LogP contribution in [0.4, 0.5) is 0 Å². The van der Waals surface area contributed by atoms with Gasteiger partial charge in [-0.25, -0.2) is 4.79 Å². The van der Waals surface area contributed by atoms with Crippen LogP contribution in [0.15, 0.2) is 74.0 Å². The molecule has 1 atom stereocenters. The van der Waals surface area contributed by atoms with Gasteiger partial charge in [0.2, 0.25) is 0 Å². The first-order chi connectivity index (χ1) is 12.5. The molecule has 2 aromatic rings. The summed E-state index contributed by atoms with van der Waals surface area (Å²) in [4.78, 5) is 12.9. The normalized spacial score (nSPS) is 12.5. The van der Waals surface area contributed by atoms with Gasteiger partial charge >= 0.3 is 5.97 Å². The maximum absolute atomic E-state index is 12.9. The summed E-state index contributed by atoms with van der Waals surface area (Å²) in [6, 6.07) is 14.8. The Morgan fingerprint density at radius 1 is 1.15 bits per heavy atom. The molecule has 0 amide bonds. The largest absolute Gasteiger partial charge is 0.498 e. The first-order valence-electron chi connectivity index (χ1n) is 8.07. The summed E-state index contributed by atoms with van der Waals surface area (Å²) in [6.45, 7) is 9.76. The number of esters is 1. The highest BCUT2D eigenvalue weighted by Crippen LogP contribution is 2.30. The van der Waals surface area contributed by atoms with Crippen molar-refractivity contribution in [2.75, 3.05) is 13.2 Å². The molecule has 0 spiro atoms. The Kier molecular flexibility index (Phi) is 7.26. The van der Waals surface area contributed by atoms with Crippen LogP contribution in [0.5, 0.6) is 5.75 Å². The van der Waals surface area contributed by atoms with Crippen LogP contribution in [0, 0.1) is 3.57 Å². The molecule has 0 saturated carbocycles. The van der Waals surface area contributed by atoms with Crippen LogP contribution >= 0.6 is 22.6 Å². The SMILES string of the molecule is C=COCCOc1ccc(I)cc1C(=O)OC(C)(C=C)c1ccccc1. The van der Waals surface area contributed by atoms with Crippen molar-refractivity contribution in [3.8, 4) is 5.75 Å². The summed E-state index contributed by atoms with van der Waals surface area (Å²) in [5, 5.41) is 0. The molecular formula is C21H21IO4. The standard InChI is InChI=1S/C21H21IO4/c1-4-21(3,16-9-7-6-8-10-16)26-20(23)18-15-17(22)11-12-19(18)25-14-13-24-5-2/h4-12,15H,1-2,13-14H2,3H3. The summed E-state index contributed by atoms with van der Waals surface area (Å²) < 4.78 is 17.4. The van der Waals surface area contributed by atoms with Crippen LogP contribution in [-0.4, -0.2) is 19.2 Å². The zero-order valence-corrected chi connectivity index (χ0v) is 16.8. The lowest BCUT2D eigenvalue weighted by Gasteiger charge is -2.27. The number of halogens is 1. The van der Waals surface area contributed by atoms with Crippen LogP contribution in [0.3, 0.4) is 0 Å². The van der Waals surface area contributed by atoms with Gasteiger partial charge in [0.15, 0.2) is 5.60 Å². The van der Waals surface area contributed by atoms with E-state index >= 15 is 0 Å². The third kappa shape index (κ3) is 5.11. The maximum atomic E-state index is 12.9. The molecule has 0 aliphatic rings. The summed E-state index contributed by atoms with van der Waals surface area (Å²) >= 11 is 2.14. The van der Waals surface area contributed by atoms with Gasteiger partial charge in [-0.3, -0.25) is 0 Å². The number of carbonyl (C=O) groups is 1. The van der Waals surface area contributed by atoms with E-state index in [1.165, 1.54) is 6.26 Å². The summed E-state index contributed by atoms with van der Waals surface area (Å²) in [7, 11) is 0. The molecule has 2 aromatic carbocycles. The van der Waals surface area contributed by atoms with Gasteiger partial charge in [0.25, 0.3) is 0 Å². The number of hydrogen-bond acceptors (Lipinski definition) is 4. The van der Waals surface area contributed by atoms with Crippen LogP contribution in [0.2, 0.25) is 0 Å². The monoisotopic (exact) mass is 464 g/mol.